The van der Waals surface area contributed by atoms with E-state index in [2.05, 4.69) is 5.32 Å². The first-order valence-electron chi connectivity index (χ1n) is 7.68. The summed E-state index contributed by atoms with van der Waals surface area (Å²) in [5.74, 6) is -0.970. The molecule has 0 amide bonds. The monoisotopic (exact) mass is 343 g/mol. The van der Waals surface area contributed by atoms with Crippen molar-refractivity contribution in [2.75, 3.05) is 0 Å². The first kappa shape index (κ1) is 16.6. The Morgan fingerprint density at radius 2 is 1.67 bits per heavy atom. The lowest BCUT2D eigenvalue weighted by atomic mass is 9.77. The highest BCUT2D eigenvalue weighted by molar-refractivity contribution is 7.17. The maximum atomic E-state index is 13.8. The third-order valence-electron chi connectivity index (χ3n) is 4.40. The number of carbonyl (C=O) groups excluding carboxylic acids is 2. The van der Waals surface area contributed by atoms with E-state index in [1.165, 1.54) is 37.3 Å². The lowest BCUT2D eigenvalue weighted by Crippen LogP contribution is -2.29. The van der Waals surface area contributed by atoms with Crippen LogP contribution in [0.5, 0.6) is 0 Å². The van der Waals surface area contributed by atoms with E-state index in [4.69, 9.17) is 0 Å². The second-order valence-corrected chi connectivity index (χ2v) is 6.99. The molecule has 5 heteroatoms. The molecule has 1 aromatic heterocycles. The second-order valence-electron chi connectivity index (χ2n) is 6.08. The second kappa shape index (κ2) is 5.98. The molecule has 0 bridgehead atoms. The van der Waals surface area contributed by atoms with Crippen molar-refractivity contribution in [2.24, 2.45) is 0 Å². The third-order valence-corrected chi connectivity index (χ3v) is 5.38. The van der Waals surface area contributed by atoms with Crippen LogP contribution in [0.4, 0.5) is 4.39 Å². The summed E-state index contributed by atoms with van der Waals surface area (Å²) < 4.78 is 14.7. The van der Waals surface area contributed by atoms with Gasteiger partial charge in [0.05, 0.1) is 0 Å². The summed E-state index contributed by atoms with van der Waals surface area (Å²) in [6, 6.07) is 4.63. The number of hydrogen-bond donors (Lipinski definition) is 1. The van der Waals surface area contributed by atoms with Crippen molar-refractivity contribution in [3.05, 3.63) is 57.5 Å². The van der Waals surface area contributed by atoms with E-state index in [-0.39, 0.29) is 17.4 Å². The molecule has 24 heavy (non-hydrogen) atoms. The van der Waals surface area contributed by atoms with Crippen LogP contribution in [0.25, 0.3) is 10.1 Å². The number of nitrogens with one attached hydrogen (secondary N) is 1. The largest absolute Gasteiger partial charge is 0.362 e. The molecule has 3 nitrogen and oxygen atoms in total. The van der Waals surface area contributed by atoms with Crippen LogP contribution in [0.2, 0.25) is 0 Å². The van der Waals surface area contributed by atoms with E-state index in [1.54, 1.807) is 6.07 Å². The van der Waals surface area contributed by atoms with Gasteiger partial charge in [-0.2, -0.15) is 0 Å². The lowest BCUT2D eigenvalue weighted by Gasteiger charge is -2.30. The molecule has 0 unspecified atom stereocenters. The van der Waals surface area contributed by atoms with Crippen LogP contribution in [0, 0.1) is 5.82 Å². The van der Waals surface area contributed by atoms with Crippen LogP contribution in [0.3, 0.4) is 0 Å². The average Bonchev–Trinajstić information content (AvgIpc) is 2.87. The van der Waals surface area contributed by atoms with Gasteiger partial charge in [-0.1, -0.05) is 0 Å². The maximum Gasteiger partial charge on any atom is 0.158 e. The van der Waals surface area contributed by atoms with Gasteiger partial charge in [-0.25, -0.2) is 4.39 Å². The zero-order chi connectivity index (χ0) is 17.6. The molecule has 0 fully saturated rings. The van der Waals surface area contributed by atoms with Crippen molar-refractivity contribution in [1.29, 1.82) is 0 Å². The summed E-state index contributed by atoms with van der Waals surface area (Å²) in [6.45, 7) is 6.67. The first-order chi connectivity index (χ1) is 11.3. The Bertz CT molecular complexity index is 900. The number of rotatable bonds is 3. The molecule has 1 aliphatic rings. The van der Waals surface area contributed by atoms with Gasteiger partial charge in [0.2, 0.25) is 0 Å². The van der Waals surface area contributed by atoms with Crippen LogP contribution in [-0.4, -0.2) is 11.6 Å². The number of Topliss-reactive ketones (excluding diaryl/α,β-unsaturated/α-hetero) is 2. The van der Waals surface area contributed by atoms with Gasteiger partial charge in [-0.15, -0.1) is 11.3 Å². The predicted molar refractivity (Wildman–Crippen MR) is 94.4 cm³/mol. The Labute approximate surface area is 143 Å². The summed E-state index contributed by atoms with van der Waals surface area (Å²) in [7, 11) is 0. The number of allylic oxidation sites excluding steroid dienone is 4. The molecule has 0 saturated heterocycles. The van der Waals surface area contributed by atoms with Crippen LogP contribution >= 0.6 is 11.3 Å². The fraction of sp³-hybridized carbons (Fsp3) is 0.263. The fourth-order valence-corrected chi connectivity index (χ4v) is 4.45. The Hall–Kier alpha value is -2.27. The van der Waals surface area contributed by atoms with Gasteiger partial charge in [0.15, 0.2) is 11.6 Å². The Morgan fingerprint density at radius 1 is 1.08 bits per heavy atom. The van der Waals surface area contributed by atoms with Gasteiger partial charge >= 0.3 is 0 Å². The average molecular weight is 343 g/mol. The van der Waals surface area contributed by atoms with E-state index < -0.39 is 5.92 Å². The molecule has 0 aliphatic carbocycles. The SMILES string of the molecule is CC(=O)C1=C(C)NC(C)=C(C(C)=O)C1c1csc2ccc(F)cc12. The standard InChI is InChI=1S/C19H18FNO2S/c1-9-17(11(3)22)19(18(12(4)23)10(2)21-9)15-8-24-16-6-5-13(20)7-14(15)16/h5-8,19,21H,1-4H3. The molecule has 0 atom stereocenters. The molecule has 1 N–H and O–H groups in total. The minimum atomic E-state index is -0.461. The van der Waals surface area contributed by atoms with E-state index in [0.717, 1.165) is 27.0 Å². The van der Waals surface area contributed by atoms with Gasteiger partial charge in [-0.3, -0.25) is 9.59 Å². The smallest absolute Gasteiger partial charge is 0.158 e. The van der Waals surface area contributed by atoms with Gasteiger partial charge in [0.1, 0.15) is 5.82 Å². The molecule has 1 aliphatic heterocycles. The molecular formula is C19H18FNO2S. The van der Waals surface area contributed by atoms with Crippen LogP contribution in [0.1, 0.15) is 39.2 Å². The molecule has 2 aromatic rings. The minimum absolute atomic E-state index is 0.0907. The molecule has 3 rings (SSSR count). The zero-order valence-corrected chi connectivity index (χ0v) is 14.8. The van der Waals surface area contributed by atoms with E-state index >= 15 is 0 Å². The highest BCUT2D eigenvalue weighted by atomic mass is 32.1. The predicted octanol–water partition coefficient (Wildman–Crippen LogP) is 4.45. The maximum absolute atomic E-state index is 13.8. The van der Waals surface area contributed by atoms with Crippen molar-refractivity contribution in [2.45, 2.75) is 33.6 Å². The number of carbonyl (C=O) groups is 2. The summed E-state index contributed by atoms with van der Waals surface area (Å²) >= 11 is 1.49. The molecule has 0 spiro atoms. The van der Waals surface area contributed by atoms with Crippen LogP contribution in [-0.2, 0) is 9.59 Å². The molecule has 124 valence electrons. The number of fused-ring (bicyclic) bond motifs is 1. The summed E-state index contributed by atoms with van der Waals surface area (Å²) in [6.07, 6.45) is 0. The highest BCUT2D eigenvalue weighted by Crippen LogP contribution is 2.43. The van der Waals surface area contributed by atoms with Crippen molar-refractivity contribution >= 4 is 33.0 Å². The first-order valence-corrected chi connectivity index (χ1v) is 8.56. The minimum Gasteiger partial charge on any atom is -0.362 e. The number of halogens is 1. The van der Waals surface area contributed by atoms with Gasteiger partial charge in [0, 0.05) is 33.2 Å². The molecular weight excluding hydrogens is 325 g/mol. The van der Waals surface area contributed by atoms with Crippen LogP contribution < -0.4 is 5.32 Å². The van der Waals surface area contributed by atoms with E-state index in [9.17, 15) is 14.0 Å². The Balaban J connectivity index is 2.33. The summed E-state index contributed by atoms with van der Waals surface area (Å²) in [5, 5.41) is 5.82. The zero-order valence-electron chi connectivity index (χ0n) is 14.0. The molecule has 1 aromatic carbocycles. The highest BCUT2D eigenvalue weighted by Gasteiger charge is 2.34. The third kappa shape index (κ3) is 2.59. The quantitative estimate of drug-likeness (QED) is 0.895. The van der Waals surface area contributed by atoms with Crippen LogP contribution in [0.15, 0.2) is 46.1 Å². The fourth-order valence-electron chi connectivity index (χ4n) is 3.48. The van der Waals surface area contributed by atoms with Gasteiger partial charge in [-0.05, 0) is 62.2 Å². The Morgan fingerprint density at radius 3 is 2.21 bits per heavy atom. The van der Waals surface area contributed by atoms with Crippen molar-refractivity contribution in [3.63, 3.8) is 0 Å². The van der Waals surface area contributed by atoms with E-state index in [1.807, 2.05) is 19.2 Å². The topological polar surface area (TPSA) is 46.2 Å². The van der Waals surface area contributed by atoms with E-state index in [0.29, 0.717) is 11.1 Å². The number of benzene rings is 1. The van der Waals surface area contributed by atoms with Crippen molar-refractivity contribution < 1.29 is 14.0 Å². The molecule has 0 saturated carbocycles. The summed E-state index contributed by atoms with van der Waals surface area (Å²) in [5.41, 5.74) is 3.42. The normalized spacial score (nSPS) is 15.9. The number of thiophene rings is 1. The van der Waals surface area contributed by atoms with Crippen molar-refractivity contribution in [3.8, 4) is 0 Å². The van der Waals surface area contributed by atoms with Crippen molar-refractivity contribution in [1.82, 2.24) is 5.32 Å². The Kier molecular flexibility index (Phi) is 4.13. The van der Waals surface area contributed by atoms with Gasteiger partial charge < -0.3 is 5.32 Å². The number of dihydropyridines is 1. The lowest BCUT2D eigenvalue weighted by molar-refractivity contribution is -0.114. The number of ketones is 2. The van der Waals surface area contributed by atoms with Gasteiger partial charge in [0.25, 0.3) is 0 Å². The summed E-state index contributed by atoms with van der Waals surface area (Å²) in [4.78, 5) is 24.6. The number of hydrogen-bond acceptors (Lipinski definition) is 4. The molecule has 2 heterocycles. The molecule has 0 radical (unpaired) electrons.